The summed E-state index contributed by atoms with van der Waals surface area (Å²) in [5.74, 6) is 5.75. The molecule has 1 aliphatic heterocycles. The Hall–Kier alpha value is -1.92. The average molecular weight is 263 g/mol. The summed E-state index contributed by atoms with van der Waals surface area (Å²) in [7, 11) is 1.53. The summed E-state index contributed by atoms with van der Waals surface area (Å²) < 4.78 is 24.7. The number of nitrogens with two attached hydrogens (primary N) is 1. The lowest BCUT2D eigenvalue weighted by molar-refractivity contribution is 0.110. The molecule has 0 saturated heterocycles. The van der Waals surface area contributed by atoms with E-state index in [0.717, 1.165) is 11.3 Å². The molecular weight excluding hydrogens is 249 g/mol. The summed E-state index contributed by atoms with van der Waals surface area (Å²) in [6, 6.07) is 2.91. The van der Waals surface area contributed by atoms with Crippen LogP contribution in [-0.2, 0) is 17.8 Å². The first-order valence-corrected chi connectivity index (χ1v) is 5.98. The number of benzene rings is 1. The van der Waals surface area contributed by atoms with Gasteiger partial charge in [-0.1, -0.05) is 0 Å². The van der Waals surface area contributed by atoms with Gasteiger partial charge in [-0.3, -0.25) is 5.84 Å². The fraction of sp³-hybridized carbons (Fsp3) is 0.308. The van der Waals surface area contributed by atoms with E-state index < -0.39 is 0 Å². The normalized spacial score (nSPS) is 14.3. The van der Waals surface area contributed by atoms with Gasteiger partial charge >= 0.3 is 0 Å². The topological polar surface area (TPSA) is 69.4 Å². The zero-order valence-electron chi connectivity index (χ0n) is 10.5. The number of ether oxygens (including phenoxy) is 2. The van der Waals surface area contributed by atoms with Gasteiger partial charge in [-0.15, -0.1) is 0 Å². The van der Waals surface area contributed by atoms with E-state index in [0.29, 0.717) is 36.5 Å². The number of halogens is 1. The molecule has 1 aromatic carbocycles. The molecule has 3 rings (SSSR count). The second-order valence-corrected chi connectivity index (χ2v) is 4.33. The Bertz CT molecular complexity index is 646. The Morgan fingerprint density at radius 3 is 3.05 bits per heavy atom. The number of methoxy groups -OCH3 is 1. The van der Waals surface area contributed by atoms with Crippen LogP contribution in [0.4, 0.5) is 10.1 Å². The Morgan fingerprint density at radius 1 is 1.47 bits per heavy atom. The number of aromatic nitrogens is 1. The average Bonchev–Trinajstić information content (AvgIpc) is 2.46. The lowest BCUT2D eigenvalue weighted by Crippen LogP contribution is -2.18. The number of rotatable bonds is 2. The van der Waals surface area contributed by atoms with Crippen molar-refractivity contribution >= 4 is 16.6 Å². The van der Waals surface area contributed by atoms with Gasteiger partial charge in [-0.05, 0) is 12.1 Å². The minimum absolute atomic E-state index is 0.271. The molecule has 6 heteroatoms. The van der Waals surface area contributed by atoms with E-state index in [1.807, 2.05) is 0 Å². The fourth-order valence-electron chi connectivity index (χ4n) is 2.43. The molecule has 5 nitrogen and oxygen atoms in total. The molecule has 0 spiro atoms. The Balaban J connectivity index is 2.42. The van der Waals surface area contributed by atoms with E-state index in [2.05, 4.69) is 10.4 Å². The van der Waals surface area contributed by atoms with Crippen LogP contribution in [0.1, 0.15) is 11.3 Å². The number of pyridine rings is 1. The number of hydrazine groups is 1. The fourth-order valence-corrected chi connectivity index (χ4v) is 2.43. The highest BCUT2D eigenvalue weighted by Crippen LogP contribution is 2.37. The molecule has 0 fully saturated rings. The maximum atomic E-state index is 14.0. The second-order valence-electron chi connectivity index (χ2n) is 4.33. The van der Waals surface area contributed by atoms with Gasteiger partial charge in [0.25, 0.3) is 0 Å². The number of nitrogen functional groups attached to an aromatic ring is 1. The molecule has 0 unspecified atom stereocenters. The van der Waals surface area contributed by atoms with Crippen molar-refractivity contribution in [3.05, 3.63) is 29.2 Å². The second kappa shape index (κ2) is 4.64. The monoisotopic (exact) mass is 263 g/mol. The van der Waals surface area contributed by atoms with E-state index in [1.165, 1.54) is 13.2 Å². The summed E-state index contributed by atoms with van der Waals surface area (Å²) in [5.41, 5.74) is 5.21. The van der Waals surface area contributed by atoms with Crippen molar-refractivity contribution in [1.82, 2.24) is 4.98 Å². The summed E-state index contributed by atoms with van der Waals surface area (Å²) >= 11 is 0. The number of hydrogen-bond donors (Lipinski definition) is 2. The first kappa shape index (κ1) is 12.1. The van der Waals surface area contributed by atoms with Crippen molar-refractivity contribution in [3.63, 3.8) is 0 Å². The number of fused-ring (bicyclic) bond motifs is 2. The summed E-state index contributed by atoms with van der Waals surface area (Å²) in [5, 5.41) is 0.550. The van der Waals surface area contributed by atoms with Crippen molar-refractivity contribution in [3.8, 4) is 5.75 Å². The predicted molar refractivity (Wildman–Crippen MR) is 69.4 cm³/mol. The highest BCUT2D eigenvalue weighted by molar-refractivity contribution is 5.98. The number of nitrogens with zero attached hydrogens (tertiary/aromatic N) is 1. The third-order valence-corrected chi connectivity index (χ3v) is 3.33. The number of hydrogen-bond acceptors (Lipinski definition) is 5. The summed E-state index contributed by atoms with van der Waals surface area (Å²) in [6.07, 6.45) is 0.649. The molecule has 100 valence electrons. The number of anilines is 1. The van der Waals surface area contributed by atoms with Crippen LogP contribution < -0.4 is 16.0 Å². The van der Waals surface area contributed by atoms with Crippen LogP contribution in [0.5, 0.6) is 5.75 Å². The first-order chi connectivity index (χ1) is 9.26. The van der Waals surface area contributed by atoms with Crippen molar-refractivity contribution in [2.45, 2.75) is 13.0 Å². The molecule has 0 bridgehead atoms. The molecule has 1 aliphatic rings. The molecule has 19 heavy (non-hydrogen) atoms. The lowest BCUT2D eigenvalue weighted by Gasteiger charge is -2.21. The van der Waals surface area contributed by atoms with Crippen LogP contribution in [0.15, 0.2) is 12.1 Å². The van der Waals surface area contributed by atoms with Gasteiger partial charge in [0, 0.05) is 12.0 Å². The van der Waals surface area contributed by atoms with Crippen molar-refractivity contribution in [2.75, 3.05) is 19.1 Å². The van der Waals surface area contributed by atoms with Crippen LogP contribution in [0, 0.1) is 5.82 Å². The Labute approximate surface area is 109 Å². The van der Waals surface area contributed by atoms with Crippen LogP contribution in [-0.4, -0.2) is 18.7 Å². The van der Waals surface area contributed by atoms with Crippen LogP contribution >= 0.6 is 0 Å². The van der Waals surface area contributed by atoms with Gasteiger partial charge in [-0.25, -0.2) is 9.37 Å². The summed E-state index contributed by atoms with van der Waals surface area (Å²) in [6.45, 7) is 0.999. The molecule has 0 saturated carbocycles. The minimum Gasteiger partial charge on any atom is -0.496 e. The number of nitrogens with one attached hydrogen (secondary N) is 1. The van der Waals surface area contributed by atoms with E-state index in [9.17, 15) is 4.39 Å². The van der Waals surface area contributed by atoms with Crippen molar-refractivity contribution in [2.24, 2.45) is 5.84 Å². The van der Waals surface area contributed by atoms with Gasteiger partial charge in [0.15, 0.2) is 0 Å². The molecular formula is C13H14FN3O2. The molecule has 2 aromatic rings. The molecule has 1 aromatic heterocycles. The lowest BCUT2D eigenvalue weighted by atomic mass is 10.0. The third-order valence-electron chi connectivity index (χ3n) is 3.33. The predicted octanol–water partition coefficient (Wildman–Crippen LogP) is 1.74. The minimum atomic E-state index is -0.387. The van der Waals surface area contributed by atoms with Crippen LogP contribution in [0.2, 0.25) is 0 Å². The smallest absolute Gasteiger partial charge is 0.149 e. The van der Waals surface area contributed by atoms with E-state index >= 15 is 0 Å². The van der Waals surface area contributed by atoms with Gasteiger partial charge in [0.05, 0.1) is 37.1 Å². The molecule has 0 aliphatic carbocycles. The van der Waals surface area contributed by atoms with Gasteiger partial charge < -0.3 is 14.9 Å². The van der Waals surface area contributed by atoms with E-state index in [1.54, 1.807) is 6.07 Å². The maximum absolute atomic E-state index is 14.0. The van der Waals surface area contributed by atoms with E-state index in [4.69, 9.17) is 15.3 Å². The first-order valence-electron chi connectivity index (χ1n) is 5.98. The van der Waals surface area contributed by atoms with Crippen molar-refractivity contribution in [1.29, 1.82) is 0 Å². The van der Waals surface area contributed by atoms with Gasteiger partial charge in [0.1, 0.15) is 17.1 Å². The van der Waals surface area contributed by atoms with Gasteiger partial charge in [0.2, 0.25) is 0 Å². The molecule has 0 amide bonds. The zero-order chi connectivity index (χ0) is 13.4. The highest BCUT2D eigenvalue weighted by atomic mass is 19.1. The SMILES string of the molecule is COc1ccc(F)c2nc3c(c(NN)c12)COCC3. The standard InChI is InChI=1S/C13H14FN3O2/c1-18-10-3-2-8(14)13-11(10)12(17-15)7-6-19-5-4-9(7)16-13/h2-3H,4-6,15H2,1H3,(H,16,17). The zero-order valence-corrected chi connectivity index (χ0v) is 10.5. The molecule has 0 atom stereocenters. The van der Waals surface area contributed by atoms with Crippen LogP contribution in [0.3, 0.4) is 0 Å². The summed E-state index contributed by atoms with van der Waals surface area (Å²) in [4.78, 5) is 4.40. The Kier molecular flexibility index (Phi) is 2.96. The highest BCUT2D eigenvalue weighted by Gasteiger charge is 2.22. The Morgan fingerprint density at radius 2 is 2.32 bits per heavy atom. The van der Waals surface area contributed by atoms with Crippen LogP contribution in [0.25, 0.3) is 10.9 Å². The third kappa shape index (κ3) is 1.80. The molecule has 2 heterocycles. The molecule has 0 radical (unpaired) electrons. The quantitative estimate of drug-likeness (QED) is 0.638. The molecule has 3 N–H and O–H groups in total. The van der Waals surface area contributed by atoms with E-state index in [-0.39, 0.29) is 11.3 Å². The van der Waals surface area contributed by atoms with Gasteiger partial charge in [-0.2, -0.15) is 0 Å². The van der Waals surface area contributed by atoms with Crippen molar-refractivity contribution < 1.29 is 13.9 Å². The largest absolute Gasteiger partial charge is 0.496 e. The maximum Gasteiger partial charge on any atom is 0.149 e.